The molecule has 0 unspecified atom stereocenters. The highest BCUT2D eigenvalue weighted by molar-refractivity contribution is 5.75. The van der Waals surface area contributed by atoms with E-state index in [1.165, 1.54) is 13.2 Å². The summed E-state index contributed by atoms with van der Waals surface area (Å²) in [5.74, 6) is -5.64. The van der Waals surface area contributed by atoms with Crippen molar-refractivity contribution < 1.29 is 23.4 Å². The van der Waals surface area contributed by atoms with Gasteiger partial charge in [0.15, 0.2) is 0 Å². The predicted molar refractivity (Wildman–Crippen MR) is 54.0 cm³/mol. The summed E-state index contributed by atoms with van der Waals surface area (Å²) >= 11 is 0. The van der Waals surface area contributed by atoms with Crippen LogP contribution in [0.5, 0.6) is 5.75 Å². The van der Waals surface area contributed by atoms with Crippen LogP contribution in [-0.2, 0) is 11.2 Å². The van der Waals surface area contributed by atoms with Crippen LogP contribution in [0, 0.1) is 6.92 Å². The highest BCUT2D eigenvalue weighted by atomic mass is 19.3. The maximum atomic E-state index is 13.0. The Morgan fingerprint density at radius 3 is 2.62 bits per heavy atom. The third-order valence-electron chi connectivity index (χ3n) is 2.16. The highest BCUT2D eigenvalue weighted by Gasteiger charge is 2.39. The predicted octanol–water partition coefficient (Wildman–Crippen LogP) is 2.27. The average molecular weight is 230 g/mol. The zero-order chi connectivity index (χ0) is 12.3. The van der Waals surface area contributed by atoms with Gasteiger partial charge in [0.1, 0.15) is 5.75 Å². The summed E-state index contributed by atoms with van der Waals surface area (Å²) in [4.78, 5) is 10.3. The van der Waals surface area contributed by atoms with Crippen LogP contribution >= 0.6 is 0 Å². The molecule has 0 atom stereocenters. The number of hydrogen-bond acceptors (Lipinski definition) is 2. The molecule has 16 heavy (non-hydrogen) atoms. The zero-order valence-corrected chi connectivity index (χ0v) is 8.96. The van der Waals surface area contributed by atoms with Crippen molar-refractivity contribution in [2.45, 2.75) is 19.3 Å². The van der Waals surface area contributed by atoms with Crippen molar-refractivity contribution in [1.82, 2.24) is 0 Å². The van der Waals surface area contributed by atoms with Gasteiger partial charge in [0.25, 0.3) is 0 Å². The summed E-state index contributed by atoms with van der Waals surface area (Å²) in [5, 5.41) is 8.34. The third-order valence-corrected chi connectivity index (χ3v) is 2.16. The summed E-state index contributed by atoms with van der Waals surface area (Å²) in [7, 11) is 1.35. The van der Waals surface area contributed by atoms with Crippen LogP contribution in [-0.4, -0.2) is 24.1 Å². The van der Waals surface area contributed by atoms with E-state index >= 15 is 0 Å². The Balaban J connectivity index is 3.04. The number of rotatable bonds is 4. The molecule has 1 aromatic carbocycles. The lowest BCUT2D eigenvalue weighted by Crippen LogP contribution is -2.30. The lowest BCUT2D eigenvalue weighted by Gasteiger charge is -2.14. The Bertz CT molecular complexity index is 402. The number of carboxylic acid groups (broad SMARTS) is 1. The molecule has 0 aliphatic carbocycles. The van der Waals surface area contributed by atoms with E-state index in [-0.39, 0.29) is 11.3 Å². The summed E-state index contributed by atoms with van der Waals surface area (Å²) in [6, 6.07) is 4.75. The summed E-state index contributed by atoms with van der Waals surface area (Å²) in [6.07, 6.45) is -0.868. The maximum absolute atomic E-state index is 13.0. The van der Waals surface area contributed by atoms with E-state index in [2.05, 4.69) is 0 Å². The van der Waals surface area contributed by atoms with Gasteiger partial charge in [-0.15, -0.1) is 0 Å². The molecule has 0 saturated carbocycles. The molecule has 0 aromatic heterocycles. The molecular formula is C11H12F2O3. The van der Waals surface area contributed by atoms with E-state index in [1.807, 2.05) is 0 Å². The van der Waals surface area contributed by atoms with Gasteiger partial charge in [-0.3, -0.25) is 0 Å². The quantitative estimate of drug-likeness (QED) is 0.863. The van der Waals surface area contributed by atoms with Crippen LogP contribution in [0.1, 0.15) is 11.1 Å². The largest absolute Gasteiger partial charge is 0.496 e. The van der Waals surface area contributed by atoms with Gasteiger partial charge in [0, 0.05) is 5.56 Å². The van der Waals surface area contributed by atoms with Crippen molar-refractivity contribution in [3.8, 4) is 5.75 Å². The summed E-state index contributed by atoms with van der Waals surface area (Å²) in [6.45, 7) is 1.74. The fourth-order valence-corrected chi connectivity index (χ4v) is 1.36. The van der Waals surface area contributed by atoms with E-state index in [1.54, 1.807) is 19.1 Å². The van der Waals surface area contributed by atoms with Crippen molar-refractivity contribution >= 4 is 5.97 Å². The molecule has 1 rings (SSSR count). The van der Waals surface area contributed by atoms with E-state index in [4.69, 9.17) is 9.84 Å². The van der Waals surface area contributed by atoms with Gasteiger partial charge in [-0.05, 0) is 13.0 Å². The molecule has 1 aromatic rings. The zero-order valence-electron chi connectivity index (χ0n) is 8.96. The van der Waals surface area contributed by atoms with Crippen LogP contribution in [0.25, 0.3) is 0 Å². The lowest BCUT2D eigenvalue weighted by molar-refractivity contribution is -0.164. The lowest BCUT2D eigenvalue weighted by atomic mass is 10.0. The number of carbonyl (C=O) groups is 1. The van der Waals surface area contributed by atoms with Crippen molar-refractivity contribution in [2.24, 2.45) is 0 Å². The van der Waals surface area contributed by atoms with Gasteiger partial charge in [-0.2, -0.15) is 8.78 Å². The maximum Gasteiger partial charge on any atom is 0.374 e. The van der Waals surface area contributed by atoms with E-state index in [9.17, 15) is 13.6 Å². The summed E-state index contributed by atoms with van der Waals surface area (Å²) < 4.78 is 30.9. The minimum Gasteiger partial charge on any atom is -0.496 e. The smallest absolute Gasteiger partial charge is 0.374 e. The monoisotopic (exact) mass is 230 g/mol. The first-order chi connectivity index (χ1) is 7.36. The molecule has 3 nitrogen and oxygen atoms in total. The number of aliphatic carboxylic acids is 1. The van der Waals surface area contributed by atoms with Crippen LogP contribution in [0.3, 0.4) is 0 Å². The van der Waals surface area contributed by atoms with Gasteiger partial charge in [0.05, 0.1) is 13.5 Å². The van der Waals surface area contributed by atoms with Crippen LogP contribution in [0.2, 0.25) is 0 Å². The number of ether oxygens (including phenoxy) is 1. The molecule has 0 saturated heterocycles. The first kappa shape index (κ1) is 12.4. The minimum atomic E-state index is -3.78. The Morgan fingerprint density at radius 1 is 1.50 bits per heavy atom. The number of carboxylic acids is 1. The van der Waals surface area contributed by atoms with E-state index in [0.29, 0.717) is 0 Å². The van der Waals surface area contributed by atoms with Crippen LogP contribution < -0.4 is 4.74 Å². The number of methoxy groups -OCH3 is 1. The Morgan fingerprint density at radius 2 is 2.12 bits per heavy atom. The fraction of sp³-hybridized carbons (Fsp3) is 0.364. The van der Waals surface area contributed by atoms with Crippen molar-refractivity contribution in [2.75, 3.05) is 7.11 Å². The molecule has 0 radical (unpaired) electrons. The molecular weight excluding hydrogens is 218 g/mol. The molecule has 0 spiro atoms. The Kier molecular flexibility index (Phi) is 3.47. The number of alkyl halides is 2. The molecule has 0 bridgehead atoms. The van der Waals surface area contributed by atoms with Crippen molar-refractivity contribution in [3.63, 3.8) is 0 Å². The van der Waals surface area contributed by atoms with Gasteiger partial charge in [-0.1, -0.05) is 17.7 Å². The number of hydrogen-bond donors (Lipinski definition) is 1. The number of halogens is 2. The standard InChI is InChI=1S/C11H12F2O3/c1-7-3-4-9(16-2)8(5-7)6-11(12,13)10(14)15/h3-5H,6H2,1-2H3,(H,14,15). The second kappa shape index (κ2) is 4.47. The van der Waals surface area contributed by atoms with Crippen LogP contribution in [0.15, 0.2) is 18.2 Å². The number of benzene rings is 1. The SMILES string of the molecule is COc1ccc(C)cc1CC(F)(F)C(=O)O. The molecule has 0 fully saturated rings. The second-order valence-electron chi connectivity index (χ2n) is 3.50. The van der Waals surface area contributed by atoms with Crippen LogP contribution in [0.4, 0.5) is 8.78 Å². The molecule has 0 aliphatic heterocycles. The van der Waals surface area contributed by atoms with E-state index < -0.39 is 18.3 Å². The van der Waals surface area contributed by atoms with E-state index in [0.717, 1.165) is 5.56 Å². The van der Waals surface area contributed by atoms with Crippen molar-refractivity contribution in [1.29, 1.82) is 0 Å². The topological polar surface area (TPSA) is 46.5 Å². The third kappa shape index (κ3) is 2.68. The fourth-order valence-electron chi connectivity index (χ4n) is 1.36. The highest BCUT2D eigenvalue weighted by Crippen LogP contribution is 2.27. The Labute approximate surface area is 91.7 Å². The normalized spacial score (nSPS) is 11.2. The van der Waals surface area contributed by atoms with Gasteiger partial charge in [0.2, 0.25) is 0 Å². The minimum absolute atomic E-state index is 0.190. The van der Waals surface area contributed by atoms with Gasteiger partial charge in [-0.25, -0.2) is 4.79 Å². The van der Waals surface area contributed by atoms with Gasteiger partial charge < -0.3 is 9.84 Å². The molecule has 0 heterocycles. The molecule has 88 valence electrons. The first-order valence-electron chi connectivity index (χ1n) is 4.61. The van der Waals surface area contributed by atoms with Crippen molar-refractivity contribution in [3.05, 3.63) is 29.3 Å². The second-order valence-corrected chi connectivity index (χ2v) is 3.50. The summed E-state index contributed by atoms with van der Waals surface area (Å²) in [5.41, 5.74) is 0.965. The molecule has 0 amide bonds. The first-order valence-corrected chi connectivity index (χ1v) is 4.61. The Hall–Kier alpha value is -1.65. The average Bonchev–Trinajstić information content (AvgIpc) is 2.17. The van der Waals surface area contributed by atoms with Gasteiger partial charge >= 0.3 is 11.9 Å². The molecule has 5 heteroatoms. The number of aryl methyl sites for hydroxylation is 1. The molecule has 1 N–H and O–H groups in total. The molecule has 0 aliphatic rings.